The summed E-state index contributed by atoms with van der Waals surface area (Å²) in [5.74, 6) is 0. The predicted octanol–water partition coefficient (Wildman–Crippen LogP) is 1.61. The molecule has 4 nitrogen and oxygen atoms in total. The van der Waals surface area contributed by atoms with Crippen LogP contribution < -0.4 is 0 Å². The van der Waals surface area contributed by atoms with Crippen molar-refractivity contribution < 1.29 is 14.3 Å². The fourth-order valence-corrected chi connectivity index (χ4v) is 1.21. The quantitative estimate of drug-likeness (QED) is 0.707. The van der Waals surface area contributed by atoms with Crippen LogP contribution in [-0.4, -0.2) is 30.9 Å². The summed E-state index contributed by atoms with van der Waals surface area (Å²) in [5, 5.41) is 0. The number of hydrogen-bond acceptors (Lipinski definition) is 3. The lowest BCUT2D eigenvalue weighted by Gasteiger charge is -2.13. The van der Waals surface area contributed by atoms with Gasteiger partial charge in [-0.2, -0.15) is 0 Å². The van der Waals surface area contributed by atoms with Crippen molar-refractivity contribution in [3.05, 3.63) is 35.9 Å². The van der Waals surface area contributed by atoms with Crippen LogP contribution in [0.5, 0.6) is 0 Å². The van der Waals surface area contributed by atoms with E-state index in [1.807, 2.05) is 30.3 Å². The number of epoxide rings is 1. The van der Waals surface area contributed by atoms with Crippen molar-refractivity contribution in [1.29, 1.82) is 0 Å². The van der Waals surface area contributed by atoms with Crippen LogP contribution in [-0.2, 0) is 16.1 Å². The van der Waals surface area contributed by atoms with Crippen LogP contribution in [0, 0.1) is 0 Å². The third kappa shape index (κ3) is 2.70. The van der Waals surface area contributed by atoms with E-state index in [4.69, 9.17) is 9.47 Å². The van der Waals surface area contributed by atoms with Gasteiger partial charge in [-0.1, -0.05) is 30.3 Å². The Bertz CT molecular complexity index is 335. The van der Waals surface area contributed by atoms with E-state index < -0.39 is 0 Å². The summed E-state index contributed by atoms with van der Waals surface area (Å²) in [5.41, 5.74) is 0.982. The number of carbonyl (C=O) groups is 1. The van der Waals surface area contributed by atoms with E-state index in [0.717, 1.165) is 5.56 Å². The summed E-state index contributed by atoms with van der Waals surface area (Å²) in [7, 11) is 1.67. The molecule has 1 heterocycles. The number of carbonyl (C=O) groups excluding carboxylic acids is 1. The van der Waals surface area contributed by atoms with Crippen LogP contribution in [0.4, 0.5) is 4.79 Å². The molecule has 0 unspecified atom stereocenters. The Hall–Kier alpha value is -1.55. The highest BCUT2D eigenvalue weighted by molar-refractivity contribution is 5.67. The van der Waals surface area contributed by atoms with E-state index >= 15 is 0 Å². The molecule has 1 saturated heterocycles. The molecule has 1 aromatic rings. The third-order valence-electron chi connectivity index (χ3n) is 2.24. The van der Waals surface area contributed by atoms with E-state index in [2.05, 4.69) is 0 Å². The number of rotatable bonds is 3. The van der Waals surface area contributed by atoms with Crippen molar-refractivity contribution in [1.82, 2.24) is 4.90 Å². The number of nitrogens with zero attached hydrogens (tertiary/aromatic N) is 1. The Balaban J connectivity index is 1.80. The number of hydrogen-bond donors (Lipinski definition) is 0. The van der Waals surface area contributed by atoms with Crippen molar-refractivity contribution in [3.63, 3.8) is 0 Å². The molecule has 0 radical (unpaired) electrons. The van der Waals surface area contributed by atoms with Crippen LogP contribution in [0.3, 0.4) is 0 Å². The zero-order valence-electron chi connectivity index (χ0n) is 8.55. The fourth-order valence-electron chi connectivity index (χ4n) is 1.21. The van der Waals surface area contributed by atoms with Gasteiger partial charge in [-0.25, -0.2) is 4.79 Å². The summed E-state index contributed by atoms with van der Waals surface area (Å²) in [6.07, 6.45) is -0.436. The molecule has 2 rings (SSSR count). The molecule has 0 aliphatic carbocycles. The SMILES string of the molecule is CN(C(=O)OCc1ccccc1)[C@@H]1CO1. The minimum absolute atomic E-state index is 0.0896. The summed E-state index contributed by atoms with van der Waals surface area (Å²) < 4.78 is 10.1. The first-order valence-electron chi connectivity index (χ1n) is 4.82. The topological polar surface area (TPSA) is 42.1 Å². The average Bonchev–Trinajstić information content (AvgIpc) is 3.10. The van der Waals surface area contributed by atoms with Crippen molar-refractivity contribution >= 4 is 6.09 Å². The molecule has 0 spiro atoms. The maximum atomic E-state index is 11.4. The summed E-state index contributed by atoms with van der Waals surface area (Å²) in [6, 6.07) is 9.59. The minimum atomic E-state index is -0.346. The van der Waals surface area contributed by atoms with Crippen molar-refractivity contribution in [2.24, 2.45) is 0 Å². The lowest BCUT2D eigenvalue weighted by atomic mass is 10.2. The predicted molar refractivity (Wildman–Crippen MR) is 54.1 cm³/mol. The Morgan fingerprint density at radius 1 is 1.53 bits per heavy atom. The lowest BCUT2D eigenvalue weighted by Crippen LogP contribution is -2.30. The third-order valence-corrected chi connectivity index (χ3v) is 2.24. The molecule has 0 bridgehead atoms. The van der Waals surface area contributed by atoms with Crippen molar-refractivity contribution in [2.75, 3.05) is 13.7 Å². The Morgan fingerprint density at radius 3 is 2.80 bits per heavy atom. The molecule has 4 heteroatoms. The van der Waals surface area contributed by atoms with Gasteiger partial charge >= 0.3 is 6.09 Å². The summed E-state index contributed by atoms with van der Waals surface area (Å²) in [4.78, 5) is 12.9. The van der Waals surface area contributed by atoms with Gasteiger partial charge < -0.3 is 9.47 Å². The number of ether oxygens (including phenoxy) is 2. The van der Waals surface area contributed by atoms with Gasteiger partial charge in [0, 0.05) is 7.05 Å². The van der Waals surface area contributed by atoms with E-state index in [-0.39, 0.29) is 12.3 Å². The fraction of sp³-hybridized carbons (Fsp3) is 0.364. The lowest BCUT2D eigenvalue weighted by molar-refractivity contribution is 0.0893. The smallest absolute Gasteiger partial charge is 0.411 e. The minimum Gasteiger partial charge on any atom is -0.444 e. The van der Waals surface area contributed by atoms with Crippen LogP contribution >= 0.6 is 0 Å². The molecular formula is C11H13NO3. The van der Waals surface area contributed by atoms with Gasteiger partial charge in [-0.05, 0) is 5.56 Å². The van der Waals surface area contributed by atoms with E-state index in [0.29, 0.717) is 13.2 Å². The Morgan fingerprint density at radius 2 is 2.20 bits per heavy atom. The second-order valence-electron chi connectivity index (χ2n) is 3.44. The van der Waals surface area contributed by atoms with Gasteiger partial charge in [-0.3, -0.25) is 4.90 Å². The maximum absolute atomic E-state index is 11.4. The van der Waals surface area contributed by atoms with Crippen LogP contribution in [0.2, 0.25) is 0 Å². The first-order chi connectivity index (χ1) is 7.27. The van der Waals surface area contributed by atoms with Gasteiger partial charge in [0.1, 0.15) is 6.61 Å². The zero-order chi connectivity index (χ0) is 10.7. The largest absolute Gasteiger partial charge is 0.444 e. The van der Waals surface area contributed by atoms with Crippen LogP contribution in [0.25, 0.3) is 0 Å². The molecule has 1 atom stereocenters. The van der Waals surface area contributed by atoms with Gasteiger partial charge in [0.05, 0.1) is 6.61 Å². The van der Waals surface area contributed by atoms with E-state index in [9.17, 15) is 4.79 Å². The number of amides is 1. The molecule has 0 saturated carbocycles. The van der Waals surface area contributed by atoms with Crippen molar-refractivity contribution in [3.8, 4) is 0 Å². The molecule has 15 heavy (non-hydrogen) atoms. The van der Waals surface area contributed by atoms with E-state index in [1.165, 1.54) is 4.90 Å². The maximum Gasteiger partial charge on any atom is 0.411 e. The first kappa shape index (κ1) is 9.98. The number of benzene rings is 1. The second-order valence-corrected chi connectivity index (χ2v) is 3.44. The highest BCUT2D eigenvalue weighted by atomic mass is 16.6. The van der Waals surface area contributed by atoms with Gasteiger partial charge in [0.15, 0.2) is 6.23 Å². The highest BCUT2D eigenvalue weighted by Crippen LogP contribution is 2.14. The molecular weight excluding hydrogens is 194 g/mol. The van der Waals surface area contributed by atoms with Gasteiger partial charge in [0.25, 0.3) is 0 Å². The van der Waals surface area contributed by atoms with Gasteiger partial charge in [-0.15, -0.1) is 0 Å². The number of likely N-dealkylation sites (N-methyl/N-ethyl adjacent to an activating group) is 1. The molecule has 0 N–H and O–H groups in total. The molecule has 1 aliphatic heterocycles. The first-order valence-corrected chi connectivity index (χ1v) is 4.82. The second kappa shape index (κ2) is 4.31. The molecule has 1 aromatic carbocycles. The van der Waals surface area contributed by atoms with Gasteiger partial charge in [0.2, 0.25) is 0 Å². The molecule has 1 fully saturated rings. The molecule has 1 aliphatic rings. The summed E-state index contributed by atoms with van der Waals surface area (Å²) in [6.45, 7) is 0.910. The van der Waals surface area contributed by atoms with Crippen LogP contribution in [0.15, 0.2) is 30.3 Å². The molecule has 80 valence electrons. The zero-order valence-corrected chi connectivity index (χ0v) is 8.55. The molecule has 0 aromatic heterocycles. The summed E-state index contributed by atoms with van der Waals surface area (Å²) >= 11 is 0. The Labute approximate surface area is 88.4 Å². The standard InChI is InChI=1S/C11H13NO3/c1-12(10-8-14-10)11(13)15-7-9-5-3-2-4-6-9/h2-6,10H,7-8H2,1H3/t10-/m0/s1. The Kier molecular flexibility index (Phi) is 2.87. The molecule has 1 amide bonds. The normalized spacial score (nSPS) is 18.3. The van der Waals surface area contributed by atoms with E-state index in [1.54, 1.807) is 7.05 Å². The monoisotopic (exact) mass is 207 g/mol. The van der Waals surface area contributed by atoms with Crippen molar-refractivity contribution in [2.45, 2.75) is 12.8 Å². The van der Waals surface area contributed by atoms with Crippen LogP contribution in [0.1, 0.15) is 5.56 Å². The average molecular weight is 207 g/mol. The highest BCUT2D eigenvalue weighted by Gasteiger charge is 2.31.